The van der Waals surface area contributed by atoms with Gasteiger partial charge in [-0.25, -0.2) is 0 Å². The topological polar surface area (TPSA) is 58.2 Å². The molecule has 3 unspecified atom stereocenters. The second-order valence-electron chi connectivity index (χ2n) is 9.22. The van der Waals surface area contributed by atoms with Gasteiger partial charge in [0.2, 0.25) is 5.91 Å². The minimum Gasteiger partial charge on any atom is -0.353 e. The Balaban J connectivity index is 1.37. The van der Waals surface area contributed by atoms with Gasteiger partial charge in [0.15, 0.2) is 0 Å². The highest BCUT2D eigenvalue weighted by Gasteiger charge is 2.24. The molecule has 2 N–H and O–H groups in total. The van der Waals surface area contributed by atoms with E-state index in [0.29, 0.717) is 0 Å². The first-order valence-corrected chi connectivity index (χ1v) is 11.9. The number of nitrogens with one attached hydrogen (secondary N) is 2. The van der Waals surface area contributed by atoms with Crippen LogP contribution in [-0.4, -0.2) is 23.9 Å². The van der Waals surface area contributed by atoms with Gasteiger partial charge in [-0.05, 0) is 69.9 Å². The van der Waals surface area contributed by atoms with E-state index in [1.165, 1.54) is 43.4 Å². The summed E-state index contributed by atoms with van der Waals surface area (Å²) in [6.45, 7) is 6.09. The number of thiophene rings is 1. The molecule has 0 aromatic carbocycles. The fourth-order valence-electron chi connectivity index (χ4n) is 4.40. The number of hydrogen-bond acceptors (Lipinski definition) is 3. The number of carbonyl (C=O) groups excluding carboxylic acids is 2. The molecule has 2 amide bonds. The average molecular weight is 405 g/mol. The molecule has 4 nitrogen and oxygen atoms in total. The Morgan fingerprint density at radius 2 is 1.68 bits per heavy atom. The number of hydrogen-bond donors (Lipinski definition) is 2. The highest BCUT2D eigenvalue weighted by Crippen LogP contribution is 2.34. The lowest BCUT2D eigenvalue weighted by Gasteiger charge is -2.22. The van der Waals surface area contributed by atoms with Gasteiger partial charge in [0, 0.05) is 22.9 Å². The second-order valence-corrected chi connectivity index (χ2v) is 10.4. The molecule has 0 bridgehead atoms. The van der Waals surface area contributed by atoms with E-state index in [9.17, 15) is 9.59 Å². The average Bonchev–Trinajstić information content (AvgIpc) is 3.08. The van der Waals surface area contributed by atoms with Crippen molar-refractivity contribution in [3.05, 3.63) is 21.9 Å². The fraction of sp³-hybridized carbons (Fsp3) is 0.739. The van der Waals surface area contributed by atoms with Crippen LogP contribution in [0.2, 0.25) is 0 Å². The number of rotatable bonds is 10. The molecule has 3 rings (SSSR count). The molecule has 5 heteroatoms. The van der Waals surface area contributed by atoms with Crippen molar-refractivity contribution in [3.8, 4) is 0 Å². The second kappa shape index (κ2) is 9.91. The highest BCUT2D eigenvalue weighted by atomic mass is 32.1. The zero-order chi connectivity index (χ0) is 20.1. The van der Waals surface area contributed by atoms with E-state index < -0.39 is 0 Å². The van der Waals surface area contributed by atoms with Crippen LogP contribution in [0, 0.1) is 17.8 Å². The minimum atomic E-state index is 0.00711. The van der Waals surface area contributed by atoms with Crippen molar-refractivity contribution < 1.29 is 9.59 Å². The summed E-state index contributed by atoms with van der Waals surface area (Å²) < 4.78 is 0. The molecule has 1 aromatic heterocycles. The smallest absolute Gasteiger partial charge is 0.261 e. The Bertz CT molecular complexity index is 661. The molecule has 3 atom stereocenters. The molecule has 2 aliphatic carbocycles. The van der Waals surface area contributed by atoms with E-state index in [1.807, 2.05) is 26.8 Å². The summed E-state index contributed by atoms with van der Waals surface area (Å²) in [7, 11) is 0. The summed E-state index contributed by atoms with van der Waals surface area (Å²) in [5, 5.41) is 6.23. The molecule has 0 aliphatic heterocycles. The molecule has 1 aromatic rings. The minimum absolute atomic E-state index is 0.00711. The summed E-state index contributed by atoms with van der Waals surface area (Å²) in [5.41, 5.74) is 0. The maximum Gasteiger partial charge on any atom is 0.261 e. The molecule has 0 radical (unpaired) electrons. The first-order chi connectivity index (χ1) is 13.4. The van der Waals surface area contributed by atoms with Gasteiger partial charge in [0.1, 0.15) is 0 Å². The third-order valence-electron chi connectivity index (χ3n) is 6.15. The van der Waals surface area contributed by atoms with E-state index in [2.05, 4.69) is 16.7 Å². The summed E-state index contributed by atoms with van der Waals surface area (Å²) in [6, 6.07) is 4.13. The van der Waals surface area contributed by atoms with Crippen molar-refractivity contribution >= 4 is 23.2 Å². The van der Waals surface area contributed by atoms with Crippen molar-refractivity contribution in [3.63, 3.8) is 0 Å². The monoisotopic (exact) mass is 404 g/mol. The SMILES string of the molecule is CC(CC(C)NC(=O)C(C)CC1CCCC1)NC(=O)c1ccc(CC2CC2)s1. The lowest BCUT2D eigenvalue weighted by atomic mass is 9.93. The van der Waals surface area contributed by atoms with Gasteiger partial charge in [0.25, 0.3) is 5.91 Å². The maximum atomic E-state index is 12.5. The van der Waals surface area contributed by atoms with E-state index in [4.69, 9.17) is 0 Å². The maximum absolute atomic E-state index is 12.5. The number of carbonyl (C=O) groups is 2. The molecule has 156 valence electrons. The molecule has 2 fully saturated rings. The Morgan fingerprint density at radius 3 is 2.36 bits per heavy atom. The summed E-state index contributed by atoms with van der Waals surface area (Å²) >= 11 is 1.62. The van der Waals surface area contributed by atoms with Crippen molar-refractivity contribution in [1.29, 1.82) is 0 Å². The Kier molecular flexibility index (Phi) is 7.55. The van der Waals surface area contributed by atoms with Crippen LogP contribution in [0.25, 0.3) is 0 Å². The van der Waals surface area contributed by atoms with Crippen LogP contribution in [0.4, 0.5) is 0 Å². The van der Waals surface area contributed by atoms with Gasteiger partial charge in [0.05, 0.1) is 4.88 Å². The van der Waals surface area contributed by atoms with Crippen molar-refractivity contribution in [2.24, 2.45) is 17.8 Å². The molecule has 2 saturated carbocycles. The van der Waals surface area contributed by atoms with Gasteiger partial charge in [-0.15, -0.1) is 11.3 Å². The van der Waals surface area contributed by atoms with Crippen LogP contribution in [0.1, 0.15) is 86.7 Å². The normalized spacial score (nSPS) is 20.5. The van der Waals surface area contributed by atoms with E-state index in [0.717, 1.165) is 36.0 Å². The fourth-order valence-corrected chi connectivity index (χ4v) is 5.42. The van der Waals surface area contributed by atoms with Crippen LogP contribution in [-0.2, 0) is 11.2 Å². The molecule has 1 heterocycles. The molecular weight excluding hydrogens is 368 g/mol. The van der Waals surface area contributed by atoms with Gasteiger partial charge >= 0.3 is 0 Å². The van der Waals surface area contributed by atoms with Gasteiger partial charge in [-0.1, -0.05) is 32.6 Å². The third-order valence-corrected chi connectivity index (χ3v) is 7.26. The first kappa shape index (κ1) is 21.4. The number of amides is 2. The van der Waals surface area contributed by atoms with Gasteiger partial charge in [-0.2, -0.15) is 0 Å². The van der Waals surface area contributed by atoms with Crippen molar-refractivity contribution in [1.82, 2.24) is 10.6 Å². The summed E-state index contributed by atoms with van der Waals surface area (Å²) in [5.74, 6) is 1.80. The quantitative estimate of drug-likeness (QED) is 0.581. The van der Waals surface area contributed by atoms with E-state index in [1.54, 1.807) is 11.3 Å². The predicted molar refractivity (Wildman–Crippen MR) is 116 cm³/mol. The van der Waals surface area contributed by atoms with E-state index in [-0.39, 0.29) is 29.8 Å². The van der Waals surface area contributed by atoms with Gasteiger partial charge < -0.3 is 10.6 Å². The van der Waals surface area contributed by atoms with Crippen molar-refractivity contribution in [2.45, 2.75) is 90.6 Å². The molecule has 0 spiro atoms. The third kappa shape index (κ3) is 6.61. The molecule has 0 saturated heterocycles. The predicted octanol–water partition coefficient (Wildman–Crippen LogP) is 4.93. The van der Waals surface area contributed by atoms with E-state index >= 15 is 0 Å². The lowest BCUT2D eigenvalue weighted by molar-refractivity contribution is -0.125. The highest BCUT2D eigenvalue weighted by molar-refractivity contribution is 7.14. The summed E-state index contributed by atoms with van der Waals surface area (Å²) in [6.07, 6.45) is 10.7. The largest absolute Gasteiger partial charge is 0.353 e. The first-order valence-electron chi connectivity index (χ1n) is 11.1. The molecule has 2 aliphatic rings. The van der Waals surface area contributed by atoms with Gasteiger partial charge in [-0.3, -0.25) is 9.59 Å². The zero-order valence-corrected chi connectivity index (χ0v) is 18.4. The molecule has 28 heavy (non-hydrogen) atoms. The lowest BCUT2D eigenvalue weighted by Crippen LogP contribution is -2.42. The van der Waals surface area contributed by atoms with Crippen LogP contribution < -0.4 is 10.6 Å². The Hall–Kier alpha value is -1.36. The standard InChI is InChI=1S/C23H36N2O2S/c1-15(12-18-6-4-5-7-18)22(26)24-16(2)13-17(3)25-23(27)21-11-10-20(28-21)14-19-8-9-19/h10-11,15-19H,4-9,12-14H2,1-3H3,(H,24,26)(H,25,27). The summed E-state index contributed by atoms with van der Waals surface area (Å²) in [4.78, 5) is 27.1. The molecular formula is C23H36N2O2S. The van der Waals surface area contributed by atoms with Crippen LogP contribution in [0.3, 0.4) is 0 Å². The van der Waals surface area contributed by atoms with Crippen LogP contribution in [0.15, 0.2) is 12.1 Å². The van der Waals surface area contributed by atoms with Crippen LogP contribution in [0.5, 0.6) is 0 Å². The zero-order valence-electron chi connectivity index (χ0n) is 17.6. The van der Waals surface area contributed by atoms with Crippen LogP contribution >= 0.6 is 11.3 Å². The van der Waals surface area contributed by atoms with Crippen molar-refractivity contribution in [2.75, 3.05) is 0 Å². The Morgan fingerprint density at radius 1 is 1.00 bits per heavy atom. The Labute approximate surface area is 173 Å².